The fourth-order valence-electron chi connectivity index (χ4n) is 3.09. The van der Waals surface area contributed by atoms with Gasteiger partial charge in [-0.15, -0.1) is 0 Å². The van der Waals surface area contributed by atoms with Gasteiger partial charge >= 0.3 is 0 Å². The van der Waals surface area contributed by atoms with E-state index >= 15 is 0 Å². The van der Waals surface area contributed by atoms with Crippen LogP contribution in [0.1, 0.15) is 45.4 Å². The summed E-state index contributed by atoms with van der Waals surface area (Å²) in [5.41, 5.74) is 5.96. The summed E-state index contributed by atoms with van der Waals surface area (Å²) in [6.07, 6.45) is 5.19. The molecule has 0 aromatic carbocycles. The van der Waals surface area contributed by atoms with Crippen molar-refractivity contribution in [2.24, 2.45) is 11.7 Å². The molecule has 2 rings (SSSR count). The minimum Gasteiger partial charge on any atom is -0.353 e. The molecule has 0 bridgehead atoms. The second-order valence-electron chi connectivity index (χ2n) is 5.79. The maximum absolute atomic E-state index is 12.3. The molecule has 0 saturated carbocycles. The number of hydrogen-bond acceptors (Lipinski definition) is 3. The van der Waals surface area contributed by atoms with Gasteiger partial charge in [-0.1, -0.05) is 19.8 Å². The van der Waals surface area contributed by atoms with Crippen molar-refractivity contribution in [3.05, 3.63) is 0 Å². The Hall–Kier alpha value is -1.10. The topological polar surface area (TPSA) is 75.4 Å². The molecule has 2 heterocycles. The minimum absolute atomic E-state index is 0.0869. The molecule has 3 unspecified atom stereocenters. The van der Waals surface area contributed by atoms with E-state index in [-0.39, 0.29) is 23.9 Å². The lowest BCUT2D eigenvalue weighted by atomic mass is 9.85. The Balaban J connectivity index is 1.86. The quantitative estimate of drug-likeness (QED) is 0.784. The van der Waals surface area contributed by atoms with E-state index in [0.717, 1.165) is 45.2 Å². The Labute approximate surface area is 114 Å². The molecule has 0 aromatic rings. The second kappa shape index (κ2) is 6.37. The molecular weight excluding hydrogens is 242 g/mol. The number of amides is 2. The van der Waals surface area contributed by atoms with E-state index in [0.29, 0.717) is 12.3 Å². The molecule has 3 atom stereocenters. The van der Waals surface area contributed by atoms with Crippen LogP contribution in [-0.4, -0.2) is 41.9 Å². The molecule has 0 aromatic heterocycles. The zero-order valence-corrected chi connectivity index (χ0v) is 11.7. The number of carbonyl (C=O) groups excluding carboxylic acids is 2. The molecule has 0 spiro atoms. The lowest BCUT2D eigenvalue weighted by Crippen LogP contribution is -2.57. The lowest BCUT2D eigenvalue weighted by Gasteiger charge is -2.42. The molecule has 2 aliphatic rings. The van der Waals surface area contributed by atoms with Gasteiger partial charge in [0.1, 0.15) is 0 Å². The van der Waals surface area contributed by atoms with E-state index in [1.165, 1.54) is 0 Å². The van der Waals surface area contributed by atoms with Gasteiger partial charge in [-0.25, -0.2) is 0 Å². The number of nitrogens with zero attached hydrogens (tertiary/aromatic N) is 1. The van der Waals surface area contributed by atoms with Gasteiger partial charge in [-0.05, 0) is 25.2 Å². The molecule has 5 heteroatoms. The van der Waals surface area contributed by atoms with E-state index in [1.807, 2.05) is 4.90 Å². The number of nitrogens with two attached hydrogens (primary N) is 1. The van der Waals surface area contributed by atoms with Gasteiger partial charge in [-0.3, -0.25) is 9.59 Å². The summed E-state index contributed by atoms with van der Waals surface area (Å²) in [4.78, 5) is 25.5. The van der Waals surface area contributed by atoms with Crippen molar-refractivity contribution < 1.29 is 9.59 Å². The van der Waals surface area contributed by atoms with Crippen LogP contribution >= 0.6 is 0 Å². The van der Waals surface area contributed by atoms with Crippen molar-refractivity contribution in [3.8, 4) is 0 Å². The maximum Gasteiger partial charge on any atom is 0.239 e. The molecule has 0 radical (unpaired) electrons. The summed E-state index contributed by atoms with van der Waals surface area (Å²) in [6.45, 7) is 3.58. The number of piperidine rings is 2. The van der Waals surface area contributed by atoms with Crippen molar-refractivity contribution in [1.29, 1.82) is 0 Å². The van der Waals surface area contributed by atoms with Gasteiger partial charge in [-0.2, -0.15) is 0 Å². The van der Waals surface area contributed by atoms with Crippen LogP contribution in [-0.2, 0) is 9.59 Å². The highest BCUT2D eigenvalue weighted by molar-refractivity contribution is 5.82. The lowest BCUT2D eigenvalue weighted by molar-refractivity contribution is -0.136. The summed E-state index contributed by atoms with van der Waals surface area (Å²) in [6, 6.07) is -0.0909. The first kappa shape index (κ1) is 14.3. The summed E-state index contributed by atoms with van der Waals surface area (Å²) in [5.74, 6) is 0.651. The molecule has 108 valence electrons. The highest BCUT2D eigenvalue weighted by Gasteiger charge is 2.36. The third-order valence-corrected chi connectivity index (χ3v) is 4.32. The third kappa shape index (κ3) is 3.47. The molecule has 2 amide bonds. The summed E-state index contributed by atoms with van der Waals surface area (Å²) < 4.78 is 0. The van der Waals surface area contributed by atoms with E-state index in [4.69, 9.17) is 5.73 Å². The average molecular weight is 267 g/mol. The van der Waals surface area contributed by atoms with E-state index < -0.39 is 0 Å². The maximum atomic E-state index is 12.3. The van der Waals surface area contributed by atoms with Gasteiger partial charge in [0.25, 0.3) is 0 Å². The monoisotopic (exact) mass is 267 g/mol. The average Bonchev–Trinajstić information content (AvgIpc) is 2.43. The molecule has 3 N–H and O–H groups in total. The van der Waals surface area contributed by atoms with E-state index in [1.54, 1.807) is 0 Å². The highest BCUT2D eigenvalue weighted by atomic mass is 16.2. The first-order valence-electron chi connectivity index (χ1n) is 7.45. The zero-order valence-electron chi connectivity index (χ0n) is 11.7. The van der Waals surface area contributed by atoms with Gasteiger partial charge in [0.15, 0.2) is 0 Å². The Kier molecular flexibility index (Phi) is 4.80. The van der Waals surface area contributed by atoms with Crippen molar-refractivity contribution >= 4 is 11.8 Å². The Bertz CT molecular complexity index is 346. The van der Waals surface area contributed by atoms with Crippen LogP contribution in [0.2, 0.25) is 0 Å². The molecule has 19 heavy (non-hydrogen) atoms. The van der Waals surface area contributed by atoms with Crippen LogP contribution in [0.5, 0.6) is 0 Å². The van der Waals surface area contributed by atoms with Crippen LogP contribution in [0.4, 0.5) is 0 Å². The number of fused-ring (bicyclic) bond motifs is 1. The largest absolute Gasteiger partial charge is 0.353 e. The number of hydrogen-bond donors (Lipinski definition) is 2. The zero-order chi connectivity index (χ0) is 13.8. The summed E-state index contributed by atoms with van der Waals surface area (Å²) in [7, 11) is 0. The SMILES string of the molecule is CCCCC(N)C(=O)N1CCC2NC(=O)CCC2C1. The van der Waals surface area contributed by atoms with Crippen LogP contribution in [0, 0.1) is 5.92 Å². The molecule has 0 aliphatic carbocycles. The first-order chi connectivity index (χ1) is 9.11. The van der Waals surface area contributed by atoms with Crippen molar-refractivity contribution in [2.75, 3.05) is 13.1 Å². The molecule has 2 fully saturated rings. The van der Waals surface area contributed by atoms with Gasteiger partial charge in [0, 0.05) is 25.6 Å². The number of carbonyl (C=O) groups is 2. The number of rotatable bonds is 4. The second-order valence-corrected chi connectivity index (χ2v) is 5.79. The van der Waals surface area contributed by atoms with Crippen LogP contribution in [0.25, 0.3) is 0 Å². The van der Waals surface area contributed by atoms with E-state index in [9.17, 15) is 9.59 Å². The predicted octanol–water partition coefficient (Wildman–Crippen LogP) is 0.631. The first-order valence-corrected chi connectivity index (χ1v) is 7.45. The van der Waals surface area contributed by atoms with Crippen molar-refractivity contribution in [1.82, 2.24) is 10.2 Å². The standard InChI is InChI=1S/C14H25N3O2/c1-2-3-4-11(15)14(19)17-8-7-12-10(9-17)5-6-13(18)16-12/h10-12H,2-9,15H2,1H3,(H,16,18). The molecule has 2 saturated heterocycles. The summed E-state index contributed by atoms with van der Waals surface area (Å²) in [5, 5.41) is 3.03. The third-order valence-electron chi connectivity index (χ3n) is 4.32. The van der Waals surface area contributed by atoms with Crippen LogP contribution in [0.15, 0.2) is 0 Å². The van der Waals surface area contributed by atoms with Crippen LogP contribution < -0.4 is 11.1 Å². The number of likely N-dealkylation sites (tertiary alicyclic amines) is 1. The Morgan fingerprint density at radius 1 is 1.53 bits per heavy atom. The fraction of sp³-hybridized carbons (Fsp3) is 0.857. The smallest absolute Gasteiger partial charge is 0.239 e. The minimum atomic E-state index is -0.352. The highest BCUT2D eigenvalue weighted by Crippen LogP contribution is 2.25. The molecular formula is C14H25N3O2. The van der Waals surface area contributed by atoms with Gasteiger partial charge in [0.05, 0.1) is 6.04 Å². The van der Waals surface area contributed by atoms with Gasteiger partial charge < -0.3 is 16.0 Å². The van der Waals surface area contributed by atoms with Crippen LogP contribution in [0.3, 0.4) is 0 Å². The predicted molar refractivity (Wildman–Crippen MR) is 73.4 cm³/mol. The fourth-order valence-corrected chi connectivity index (χ4v) is 3.09. The van der Waals surface area contributed by atoms with E-state index in [2.05, 4.69) is 12.2 Å². The summed E-state index contributed by atoms with van der Waals surface area (Å²) >= 11 is 0. The normalized spacial score (nSPS) is 28.5. The Morgan fingerprint density at radius 3 is 3.05 bits per heavy atom. The molecule has 2 aliphatic heterocycles. The Morgan fingerprint density at radius 2 is 2.32 bits per heavy atom. The number of nitrogens with one attached hydrogen (secondary N) is 1. The van der Waals surface area contributed by atoms with Crippen molar-refractivity contribution in [2.45, 2.75) is 57.5 Å². The van der Waals surface area contributed by atoms with Gasteiger partial charge in [0.2, 0.25) is 11.8 Å². The molecule has 5 nitrogen and oxygen atoms in total. The number of unbranched alkanes of at least 4 members (excludes halogenated alkanes) is 1. The van der Waals surface area contributed by atoms with Crippen molar-refractivity contribution in [3.63, 3.8) is 0 Å².